The summed E-state index contributed by atoms with van der Waals surface area (Å²) in [5.41, 5.74) is 1.33. The van der Waals surface area contributed by atoms with Gasteiger partial charge in [-0.05, 0) is 31.2 Å². The molecular weight excluding hydrogens is 498 g/mol. The molecule has 0 aromatic heterocycles. The van der Waals surface area contributed by atoms with E-state index >= 15 is 0 Å². The van der Waals surface area contributed by atoms with E-state index in [0.29, 0.717) is 0 Å². The molecule has 0 bridgehead atoms. The summed E-state index contributed by atoms with van der Waals surface area (Å²) in [5.74, 6) is -2.05. The van der Waals surface area contributed by atoms with Crippen LogP contribution < -0.4 is 0 Å². The smallest absolute Gasteiger partial charge is 0.0654 e. The molecule has 0 atom stereocenters. The van der Waals surface area contributed by atoms with Gasteiger partial charge in [0.25, 0.3) is 0 Å². The van der Waals surface area contributed by atoms with Crippen molar-refractivity contribution in [3.8, 4) is 0 Å². The molecule has 0 saturated carbocycles. The first-order valence-corrected chi connectivity index (χ1v) is 19.7. The van der Waals surface area contributed by atoms with Crippen molar-refractivity contribution in [1.82, 2.24) is 0 Å². The second-order valence-electron chi connectivity index (χ2n) is 11.2. The summed E-state index contributed by atoms with van der Waals surface area (Å²) in [6, 6.07) is 10.8. The minimum absolute atomic E-state index is 0.0503. The van der Waals surface area contributed by atoms with Gasteiger partial charge in [-0.3, -0.25) is 0 Å². The molecule has 1 aromatic carbocycles. The third-order valence-corrected chi connectivity index (χ3v) is 14.4. The van der Waals surface area contributed by atoms with Crippen molar-refractivity contribution in [2.24, 2.45) is 0 Å². The fourth-order valence-electron chi connectivity index (χ4n) is 5.84. The predicted octanol–water partition coefficient (Wildman–Crippen LogP) is 13.8. The van der Waals surface area contributed by atoms with E-state index in [9.17, 15) is 0 Å². The fourth-order valence-corrected chi connectivity index (χ4v) is 11.1. The van der Waals surface area contributed by atoms with E-state index in [0.717, 1.165) is 19.0 Å². The van der Waals surface area contributed by atoms with Gasteiger partial charge in [0.2, 0.25) is 5.97 Å². The van der Waals surface area contributed by atoms with Crippen LogP contribution in [0.1, 0.15) is 168 Å². The summed E-state index contributed by atoms with van der Waals surface area (Å²) in [6.07, 6.45) is 31.3. The standard InChI is InChI=1S/C33H60Cl2P/c1-4-7-8-9-10-11-12-13-14-15-16-17-18-19-20-21-22-23-24-28-31-36(34,35)33(5-2,6-3)32-29-26-25-27-30-32/h25-27,29-30H,4-24,28,31H2,1-3H3/q+1. The number of rotatable bonds is 25. The largest absolute Gasteiger partial charge is 0.221 e. The lowest BCUT2D eigenvalue weighted by atomic mass is 9.93. The quantitative estimate of drug-likeness (QED) is 0.0827. The van der Waals surface area contributed by atoms with E-state index in [2.05, 4.69) is 51.1 Å². The first-order valence-electron chi connectivity index (χ1n) is 15.9. The zero-order valence-corrected chi connectivity index (χ0v) is 26.8. The van der Waals surface area contributed by atoms with Crippen LogP contribution in [0.3, 0.4) is 0 Å². The van der Waals surface area contributed by atoms with E-state index in [1.165, 1.54) is 134 Å². The molecule has 0 aliphatic heterocycles. The van der Waals surface area contributed by atoms with Gasteiger partial charge in [-0.15, -0.1) is 0 Å². The third-order valence-electron chi connectivity index (χ3n) is 8.40. The number of unbranched alkanes of at least 4 members (excludes halogenated alkanes) is 19. The average molecular weight is 559 g/mol. The van der Waals surface area contributed by atoms with Crippen LogP contribution >= 0.6 is 28.4 Å². The van der Waals surface area contributed by atoms with E-state index < -0.39 is 5.97 Å². The van der Waals surface area contributed by atoms with Gasteiger partial charge < -0.3 is 0 Å². The Labute approximate surface area is 237 Å². The lowest BCUT2D eigenvalue weighted by Crippen LogP contribution is -2.25. The van der Waals surface area contributed by atoms with Crippen molar-refractivity contribution >= 4 is 28.4 Å². The third kappa shape index (κ3) is 13.9. The van der Waals surface area contributed by atoms with Gasteiger partial charge in [0, 0.05) is 0 Å². The lowest BCUT2D eigenvalue weighted by Gasteiger charge is -2.35. The van der Waals surface area contributed by atoms with Gasteiger partial charge in [-0.1, -0.05) is 167 Å². The van der Waals surface area contributed by atoms with Crippen LogP contribution in [0.5, 0.6) is 0 Å². The van der Waals surface area contributed by atoms with Crippen LogP contribution in [0.2, 0.25) is 0 Å². The van der Waals surface area contributed by atoms with Gasteiger partial charge in [-0.2, -0.15) is 0 Å². The van der Waals surface area contributed by atoms with Crippen LogP contribution in [0.15, 0.2) is 30.3 Å². The Hall–Kier alpha value is 0.230. The monoisotopic (exact) mass is 557 g/mol. The molecule has 0 amide bonds. The number of halogens is 2. The SMILES string of the molecule is CCCCCCCCCCCCCCCCCCCCCC[P+](Cl)(Cl)C(CC)(CC)c1ccccc1. The van der Waals surface area contributed by atoms with Gasteiger partial charge in [-0.25, -0.2) is 0 Å². The van der Waals surface area contributed by atoms with Gasteiger partial charge in [0.1, 0.15) is 27.6 Å². The topological polar surface area (TPSA) is 0 Å². The Morgan fingerprint density at radius 2 is 0.833 bits per heavy atom. The Morgan fingerprint density at radius 3 is 1.17 bits per heavy atom. The van der Waals surface area contributed by atoms with E-state index in [1.807, 2.05) is 0 Å². The van der Waals surface area contributed by atoms with Gasteiger partial charge >= 0.3 is 0 Å². The van der Waals surface area contributed by atoms with Crippen LogP contribution in [0.4, 0.5) is 0 Å². The van der Waals surface area contributed by atoms with Crippen LogP contribution in [0, 0.1) is 0 Å². The summed E-state index contributed by atoms with van der Waals surface area (Å²) in [5, 5.41) is -0.0503. The zero-order valence-electron chi connectivity index (χ0n) is 24.4. The number of benzene rings is 1. The van der Waals surface area contributed by atoms with Gasteiger partial charge in [0.05, 0.1) is 6.16 Å². The highest BCUT2D eigenvalue weighted by atomic mass is 35.9. The molecule has 210 valence electrons. The van der Waals surface area contributed by atoms with Crippen molar-refractivity contribution < 1.29 is 0 Å². The van der Waals surface area contributed by atoms with Crippen LogP contribution in [-0.2, 0) is 5.16 Å². The highest BCUT2D eigenvalue weighted by Crippen LogP contribution is 2.83. The van der Waals surface area contributed by atoms with Crippen LogP contribution in [-0.4, -0.2) is 6.16 Å². The molecule has 0 unspecified atom stereocenters. The minimum Gasteiger partial charge on any atom is -0.0654 e. The van der Waals surface area contributed by atoms with Crippen molar-refractivity contribution in [3.05, 3.63) is 35.9 Å². The molecule has 0 N–H and O–H groups in total. The summed E-state index contributed by atoms with van der Waals surface area (Å²) in [6.45, 7) is 6.81. The fraction of sp³-hybridized carbons (Fsp3) is 0.818. The molecule has 0 heterocycles. The zero-order chi connectivity index (χ0) is 26.4. The predicted molar refractivity (Wildman–Crippen MR) is 170 cm³/mol. The number of hydrogen-bond donors (Lipinski definition) is 0. The number of hydrogen-bond acceptors (Lipinski definition) is 0. The molecule has 0 nitrogen and oxygen atoms in total. The molecule has 0 spiro atoms. The molecule has 0 radical (unpaired) electrons. The molecule has 36 heavy (non-hydrogen) atoms. The summed E-state index contributed by atoms with van der Waals surface area (Å²) < 4.78 is 0. The van der Waals surface area contributed by atoms with E-state index in [4.69, 9.17) is 22.5 Å². The Morgan fingerprint density at radius 1 is 0.500 bits per heavy atom. The maximum atomic E-state index is 7.16. The molecule has 3 heteroatoms. The van der Waals surface area contributed by atoms with E-state index in [1.54, 1.807) is 0 Å². The normalized spacial score (nSPS) is 12.4. The summed E-state index contributed by atoms with van der Waals surface area (Å²) in [7, 11) is 0. The highest BCUT2D eigenvalue weighted by Gasteiger charge is 2.56. The average Bonchev–Trinajstić information content (AvgIpc) is 2.89. The lowest BCUT2D eigenvalue weighted by molar-refractivity contribution is 0.522. The van der Waals surface area contributed by atoms with E-state index in [-0.39, 0.29) is 5.16 Å². The summed E-state index contributed by atoms with van der Waals surface area (Å²) >= 11 is 14.3. The molecular formula is C33H60Cl2P+. The van der Waals surface area contributed by atoms with Crippen molar-refractivity contribution in [1.29, 1.82) is 0 Å². The molecule has 0 fully saturated rings. The maximum absolute atomic E-state index is 7.16. The summed E-state index contributed by atoms with van der Waals surface area (Å²) in [4.78, 5) is 0. The van der Waals surface area contributed by atoms with Crippen molar-refractivity contribution in [2.75, 3.05) is 6.16 Å². The Balaban J connectivity index is 1.98. The molecule has 0 saturated heterocycles. The Kier molecular flexibility index (Phi) is 21.0. The highest BCUT2D eigenvalue weighted by molar-refractivity contribution is 8.17. The van der Waals surface area contributed by atoms with Crippen molar-refractivity contribution in [2.45, 2.75) is 167 Å². The van der Waals surface area contributed by atoms with Crippen molar-refractivity contribution in [3.63, 3.8) is 0 Å². The Bertz CT molecular complexity index is 597. The molecule has 1 rings (SSSR count). The van der Waals surface area contributed by atoms with Gasteiger partial charge in [0.15, 0.2) is 0 Å². The second kappa shape index (κ2) is 22.1. The molecule has 0 aliphatic carbocycles. The maximum Gasteiger partial charge on any atom is 0.221 e. The minimum atomic E-state index is -2.05. The van der Waals surface area contributed by atoms with Crippen LogP contribution in [0.25, 0.3) is 0 Å². The first kappa shape index (κ1) is 34.3. The molecule has 1 aromatic rings. The first-order chi connectivity index (χ1) is 17.5. The molecule has 0 aliphatic rings. The second-order valence-corrected chi connectivity index (χ2v) is 17.7.